The monoisotopic (exact) mass is 165 g/mol. The summed E-state index contributed by atoms with van der Waals surface area (Å²) < 4.78 is 0. The van der Waals surface area contributed by atoms with Gasteiger partial charge in [0.2, 0.25) is 0 Å². The summed E-state index contributed by atoms with van der Waals surface area (Å²) in [6.45, 7) is 1.82. The van der Waals surface area contributed by atoms with Crippen LogP contribution in [-0.4, -0.2) is 22.5 Å². The van der Waals surface area contributed by atoms with Crippen molar-refractivity contribution in [1.82, 2.24) is 0 Å². The summed E-state index contributed by atoms with van der Waals surface area (Å²) in [6.07, 6.45) is 1.09. The van der Waals surface area contributed by atoms with E-state index in [0.717, 1.165) is 0 Å². The first-order valence-electron chi connectivity index (χ1n) is 3.16. The van der Waals surface area contributed by atoms with E-state index in [1.54, 1.807) is 0 Å². The molecule has 0 aromatic heterocycles. The van der Waals surface area contributed by atoms with Gasteiger partial charge in [-0.3, -0.25) is 4.79 Å². The molecular formula is C6H12ClNO2. The molecule has 0 aliphatic rings. The topological polar surface area (TPSA) is 63.3 Å². The average molecular weight is 166 g/mol. The minimum atomic E-state index is -0.961. The first-order valence-corrected chi connectivity index (χ1v) is 3.60. The van der Waals surface area contributed by atoms with Gasteiger partial charge in [-0.2, -0.15) is 0 Å². The molecule has 3 nitrogen and oxygen atoms in total. The summed E-state index contributed by atoms with van der Waals surface area (Å²) in [4.78, 5) is 10.1. The zero-order valence-electron chi connectivity index (χ0n) is 5.88. The highest BCUT2D eigenvalue weighted by Gasteiger charge is 2.11. The first-order chi connectivity index (χ1) is 4.54. The molecule has 10 heavy (non-hydrogen) atoms. The molecule has 0 spiro atoms. The van der Waals surface area contributed by atoms with Gasteiger partial charge in [0, 0.05) is 5.38 Å². The molecule has 0 radical (unpaired) electrons. The van der Waals surface area contributed by atoms with Crippen LogP contribution in [0.5, 0.6) is 0 Å². The van der Waals surface area contributed by atoms with Crippen molar-refractivity contribution in [2.45, 2.75) is 31.2 Å². The van der Waals surface area contributed by atoms with Gasteiger partial charge in [-0.25, -0.2) is 0 Å². The van der Waals surface area contributed by atoms with Crippen molar-refractivity contribution in [3.05, 3.63) is 0 Å². The molecule has 0 amide bonds. The molecule has 0 heterocycles. The lowest BCUT2D eigenvalue weighted by atomic mass is 10.1. The summed E-state index contributed by atoms with van der Waals surface area (Å²) in [7, 11) is 0. The fourth-order valence-electron chi connectivity index (χ4n) is 0.533. The third kappa shape index (κ3) is 4.58. The molecule has 2 atom stereocenters. The Balaban J connectivity index is 3.40. The average Bonchev–Trinajstić information content (AvgIpc) is 1.82. The summed E-state index contributed by atoms with van der Waals surface area (Å²) in [5.74, 6) is -0.961. The van der Waals surface area contributed by atoms with Gasteiger partial charge in [-0.15, -0.1) is 11.6 Å². The quantitative estimate of drug-likeness (QED) is 0.606. The Morgan fingerprint density at radius 3 is 2.50 bits per heavy atom. The number of alkyl halides is 1. The second-order valence-electron chi connectivity index (χ2n) is 2.30. The highest BCUT2D eigenvalue weighted by Crippen LogP contribution is 2.05. The number of carbonyl (C=O) groups is 1. The second-order valence-corrected chi connectivity index (χ2v) is 3.05. The number of nitrogens with two attached hydrogens (primary N) is 1. The standard InChI is InChI=1S/C6H12ClNO2/c1-4(7)2-3-5(8)6(9)10/h4-5H,2-3,8H2,1H3,(H,9,10)/t4?,5-/m0/s1. The van der Waals surface area contributed by atoms with Crippen LogP contribution in [0.25, 0.3) is 0 Å². The van der Waals surface area contributed by atoms with E-state index >= 15 is 0 Å². The van der Waals surface area contributed by atoms with E-state index in [0.29, 0.717) is 12.8 Å². The Kier molecular flexibility index (Phi) is 4.40. The van der Waals surface area contributed by atoms with E-state index in [4.69, 9.17) is 22.4 Å². The molecule has 0 saturated carbocycles. The van der Waals surface area contributed by atoms with Gasteiger partial charge in [0.05, 0.1) is 0 Å². The maximum Gasteiger partial charge on any atom is 0.320 e. The second kappa shape index (κ2) is 4.52. The van der Waals surface area contributed by atoms with Crippen LogP contribution in [0.3, 0.4) is 0 Å². The van der Waals surface area contributed by atoms with Crippen LogP contribution < -0.4 is 5.73 Å². The molecule has 0 rings (SSSR count). The molecular weight excluding hydrogens is 154 g/mol. The summed E-state index contributed by atoms with van der Waals surface area (Å²) in [5.41, 5.74) is 5.21. The van der Waals surface area contributed by atoms with Crippen molar-refractivity contribution >= 4 is 17.6 Å². The minimum absolute atomic E-state index is 0.00500. The predicted octanol–water partition coefficient (Wildman–Crippen LogP) is 0.806. The zero-order chi connectivity index (χ0) is 8.15. The highest BCUT2D eigenvalue weighted by molar-refractivity contribution is 6.20. The Morgan fingerprint density at radius 2 is 2.20 bits per heavy atom. The van der Waals surface area contributed by atoms with E-state index in [2.05, 4.69) is 0 Å². The largest absolute Gasteiger partial charge is 0.480 e. The van der Waals surface area contributed by atoms with Crippen LogP contribution in [-0.2, 0) is 4.79 Å². The van der Waals surface area contributed by atoms with E-state index in [-0.39, 0.29) is 5.38 Å². The molecule has 60 valence electrons. The maximum absolute atomic E-state index is 10.1. The van der Waals surface area contributed by atoms with E-state index in [1.807, 2.05) is 6.92 Å². The smallest absolute Gasteiger partial charge is 0.320 e. The third-order valence-corrected chi connectivity index (χ3v) is 1.41. The van der Waals surface area contributed by atoms with Crippen molar-refractivity contribution < 1.29 is 9.90 Å². The third-order valence-electron chi connectivity index (χ3n) is 1.19. The van der Waals surface area contributed by atoms with Crippen molar-refractivity contribution in [1.29, 1.82) is 0 Å². The number of hydrogen-bond acceptors (Lipinski definition) is 2. The van der Waals surface area contributed by atoms with Crippen LogP contribution >= 0.6 is 11.6 Å². The van der Waals surface area contributed by atoms with Gasteiger partial charge >= 0.3 is 5.97 Å². The molecule has 0 aliphatic heterocycles. The Labute approximate surface area is 65.2 Å². The van der Waals surface area contributed by atoms with Crippen LogP contribution in [0.1, 0.15) is 19.8 Å². The molecule has 0 aromatic carbocycles. The SMILES string of the molecule is CC(Cl)CC[C@H](N)C(=O)O. The lowest BCUT2D eigenvalue weighted by Crippen LogP contribution is -2.30. The van der Waals surface area contributed by atoms with Gasteiger partial charge in [0.25, 0.3) is 0 Å². The number of hydrogen-bond donors (Lipinski definition) is 2. The highest BCUT2D eigenvalue weighted by atomic mass is 35.5. The van der Waals surface area contributed by atoms with E-state index < -0.39 is 12.0 Å². The molecule has 0 aromatic rings. The van der Waals surface area contributed by atoms with Crippen molar-refractivity contribution in [2.75, 3.05) is 0 Å². The number of carboxylic acids is 1. The molecule has 0 aliphatic carbocycles. The summed E-state index contributed by atoms with van der Waals surface area (Å²) in [5, 5.41) is 8.33. The number of carboxylic acid groups (broad SMARTS) is 1. The Bertz CT molecular complexity index is 116. The van der Waals surface area contributed by atoms with Crippen molar-refractivity contribution in [2.24, 2.45) is 5.73 Å². The van der Waals surface area contributed by atoms with Gasteiger partial charge in [-0.05, 0) is 19.8 Å². The van der Waals surface area contributed by atoms with Crippen LogP contribution in [0, 0.1) is 0 Å². The number of aliphatic carboxylic acids is 1. The van der Waals surface area contributed by atoms with Crippen molar-refractivity contribution in [3.8, 4) is 0 Å². The fourth-order valence-corrected chi connectivity index (χ4v) is 0.659. The summed E-state index contributed by atoms with van der Waals surface area (Å²) >= 11 is 5.58. The predicted molar refractivity (Wildman–Crippen MR) is 40.2 cm³/mol. The number of halogens is 1. The van der Waals surface area contributed by atoms with Gasteiger partial charge < -0.3 is 10.8 Å². The van der Waals surface area contributed by atoms with Crippen LogP contribution in [0.15, 0.2) is 0 Å². The van der Waals surface area contributed by atoms with E-state index in [9.17, 15) is 4.79 Å². The molecule has 0 bridgehead atoms. The zero-order valence-corrected chi connectivity index (χ0v) is 6.64. The lowest BCUT2D eigenvalue weighted by molar-refractivity contribution is -0.138. The van der Waals surface area contributed by atoms with Gasteiger partial charge in [0.1, 0.15) is 6.04 Å². The molecule has 3 N–H and O–H groups in total. The Hall–Kier alpha value is -0.280. The van der Waals surface area contributed by atoms with Gasteiger partial charge in [-0.1, -0.05) is 0 Å². The first kappa shape index (κ1) is 9.72. The molecule has 0 saturated heterocycles. The Morgan fingerprint density at radius 1 is 1.70 bits per heavy atom. The number of rotatable bonds is 4. The van der Waals surface area contributed by atoms with Crippen molar-refractivity contribution in [3.63, 3.8) is 0 Å². The van der Waals surface area contributed by atoms with E-state index in [1.165, 1.54) is 0 Å². The maximum atomic E-state index is 10.1. The van der Waals surface area contributed by atoms with Gasteiger partial charge in [0.15, 0.2) is 0 Å². The molecule has 4 heteroatoms. The molecule has 1 unspecified atom stereocenters. The lowest BCUT2D eigenvalue weighted by Gasteiger charge is -2.05. The molecule has 0 fully saturated rings. The fraction of sp³-hybridized carbons (Fsp3) is 0.833. The normalized spacial score (nSPS) is 16.3. The summed E-state index contributed by atoms with van der Waals surface area (Å²) in [6, 6.07) is -0.763. The minimum Gasteiger partial charge on any atom is -0.480 e. The van der Waals surface area contributed by atoms with Crippen LogP contribution in [0.4, 0.5) is 0 Å². The van der Waals surface area contributed by atoms with Crippen LogP contribution in [0.2, 0.25) is 0 Å².